The number of unbranched alkanes of at least 4 members (excludes halogenated alkanes) is 1. The summed E-state index contributed by atoms with van der Waals surface area (Å²) < 4.78 is 5.40. The van der Waals surface area contributed by atoms with Gasteiger partial charge in [0.15, 0.2) is 0 Å². The Kier molecular flexibility index (Phi) is 11.5. The van der Waals surface area contributed by atoms with E-state index in [-0.39, 0.29) is 12.5 Å². The van der Waals surface area contributed by atoms with Gasteiger partial charge in [-0.25, -0.2) is 4.79 Å². The highest BCUT2D eigenvalue weighted by molar-refractivity contribution is 7.80. The molecule has 0 aromatic carbocycles. The second kappa shape index (κ2) is 13.3. The molecule has 0 unspecified atom stereocenters. The maximum absolute atomic E-state index is 12.9. The maximum atomic E-state index is 12.9. The number of rotatable bonds is 10. The van der Waals surface area contributed by atoms with Crippen LogP contribution in [0.1, 0.15) is 66.7 Å². The summed E-state index contributed by atoms with van der Waals surface area (Å²) in [5.41, 5.74) is -0.632. The van der Waals surface area contributed by atoms with E-state index in [2.05, 4.69) is 16.0 Å². The van der Waals surface area contributed by atoms with Crippen LogP contribution in [0, 0.1) is 5.92 Å². The SMILES string of the molecule is CC(=S)NCCCC[C@H](NC(=O)[C@@H]1CCCN(C(=O)OC(C)(C)C)C1)C(=O)N[C@@H](C)C(=O)O. The lowest BCUT2D eigenvalue weighted by Crippen LogP contribution is -2.54. The maximum Gasteiger partial charge on any atom is 0.410 e. The molecule has 1 fully saturated rings. The van der Waals surface area contributed by atoms with E-state index in [4.69, 9.17) is 22.1 Å². The molecule has 1 rings (SSSR count). The number of ether oxygens (including phenoxy) is 1. The van der Waals surface area contributed by atoms with Crippen LogP contribution in [0.15, 0.2) is 0 Å². The highest BCUT2D eigenvalue weighted by Gasteiger charge is 2.33. The summed E-state index contributed by atoms with van der Waals surface area (Å²) in [5.74, 6) is -2.51. The molecule has 1 aliphatic heterocycles. The molecule has 1 saturated heterocycles. The molecule has 10 nitrogen and oxygen atoms in total. The van der Waals surface area contributed by atoms with Crippen molar-refractivity contribution >= 4 is 41.1 Å². The molecular formula is C22H38N4O6S. The lowest BCUT2D eigenvalue weighted by atomic mass is 9.96. The van der Waals surface area contributed by atoms with Gasteiger partial charge in [0.25, 0.3) is 0 Å². The Balaban J connectivity index is 2.75. The van der Waals surface area contributed by atoms with Crippen LogP contribution in [0.4, 0.5) is 4.79 Å². The van der Waals surface area contributed by atoms with E-state index < -0.39 is 41.6 Å². The van der Waals surface area contributed by atoms with Crippen LogP contribution in [-0.2, 0) is 19.1 Å². The van der Waals surface area contributed by atoms with Crippen molar-refractivity contribution in [1.82, 2.24) is 20.9 Å². The predicted octanol–water partition coefficient (Wildman–Crippen LogP) is 1.81. The second-order valence-corrected chi connectivity index (χ2v) is 9.99. The van der Waals surface area contributed by atoms with Gasteiger partial charge >= 0.3 is 12.1 Å². The first kappa shape index (κ1) is 28.6. The van der Waals surface area contributed by atoms with E-state index in [0.29, 0.717) is 43.8 Å². The number of carboxylic acid groups (broad SMARTS) is 1. The van der Waals surface area contributed by atoms with E-state index >= 15 is 0 Å². The smallest absolute Gasteiger partial charge is 0.410 e. The van der Waals surface area contributed by atoms with Gasteiger partial charge in [0.2, 0.25) is 11.8 Å². The van der Waals surface area contributed by atoms with Crippen LogP contribution in [0.2, 0.25) is 0 Å². The molecule has 188 valence electrons. The van der Waals surface area contributed by atoms with Crippen LogP contribution in [0.5, 0.6) is 0 Å². The van der Waals surface area contributed by atoms with Gasteiger partial charge in [-0.3, -0.25) is 14.4 Å². The summed E-state index contributed by atoms with van der Waals surface area (Å²) in [6.07, 6.45) is 2.48. The van der Waals surface area contributed by atoms with Gasteiger partial charge in [0, 0.05) is 19.6 Å². The minimum Gasteiger partial charge on any atom is -0.480 e. The Morgan fingerprint density at radius 2 is 1.85 bits per heavy atom. The van der Waals surface area contributed by atoms with Gasteiger partial charge in [-0.2, -0.15) is 0 Å². The third kappa shape index (κ3) is 11.3. The van der Waals surface area contributed by atoms with E-state index in [9.17, 15) is 19.2 Å². The van der Waals surface area contributed by atoms with Crippen molar-refractivity contribution in [2.24, 2.45) is 5.92 Å². The number of carbonyl (C=O) groups is 4. The fourth-order valence-corrected chi connectivity index (χ4v) is 3.46. The highest BCUT2D eigenvalue weighted by Crippen LogP contribution is 2.20. The number of carbonyl (C=O) groups excluding carboxylic acids is 3. The lowest BCUT2D eigenvalue weighted by Gasteiger charge is -2.34. The van der Waals surface area contributed by atoms with Crippen molar-refractivity contribution in [3.63, 3.8) is 0 Å². The number of hydrogen-bond donors (Lipinski definition) is 4. The Labute approximate surface area is 201 Å². The quantitative estimate of drug-likeness (QED) is 0.271. The molecule has 1 heterocycles. The summed E-state index contributed by atoms with van der Waals surface area (Å²) in [5, 5.41) is 17.3. The van der Waals surface area contributed by atoms with Gasteiger partial charge in [-0.05, 0) is 66.7 Å². The molecule has 4 N–H and O–H groups in total. The average molecular weight is 487 g/mol. The van der Waals surface area contributed by atoms with Crippen molar-refractivity contribution in [2.45, 2.75) is 84.4 Å². The third-order valence-electron chi connectivity index (χ3n) is 5.10. The number of piperidine rings is 1. The van der Waals surface area contributed by atoms with Crippen LogP contribution < -0.4 is 16.0 Å². The number of thiocarbonyl (C=S) groups is 1. The Morgan fingerprint density at radius 3 is 2.42 bits per heavy atom. The summed E-state index contributed by atoms with van der Waals surface area (Å²) in [7, 11) is 0. The number of amides is 3. The Morgan fingerprint density at radius 1 is 1.18 bits per heavy atom. The first-order valence-electron chi connectivity index (χ1n) is 11.4. The van der Waals surface area contributed by atoms with Crippen molar-refractivity contribution in [2.75, 3.05) is 19.6 Å². The predicted molar refractivity (Wildman–Crippen MR) is 128 cm³/mol. The molecule has 1 aliphatic rings. The summed E-state index contributed by atoms with van der Waals surface area (Å²) in [4.78, 5) is 51.3. The van der Waals surface area contributed by atoms with Gasteiger partial charge < -0.3 is 30.7 Å². The number of likely N-dealkylation sites (tertiary alicyclic amines) is 1. The first-order valence-corrected chi connectivity index (χ1v) is 11.8. The molecule has 3 atom stereocenters. The molecular weight excluding hydrogens is 448 g/mol. The van der Waals surface area contributed by atoms with Crippen molar-refractivity contribution < 1.29 is 29.0 Å². The molecule has 0 bridgehead atoms. The van der Waals surface area contributed by atoms with Crippen molar-refractivity contribution in [1.29, 1.82) is 0 Å². The van der Waals surface area contributed by atoms with Crippen LogP contribution in [-0.4, -0.2) is 76.2 Å². The van der Waals surface area contributed by atoms with Gasteiger partial charge in [-0.15, -0.1) is 0 Å². The van der Waals surface area contributed by atoms with Gasteiger partial charge in [-0.1, -0.05) is 12.2 Å². The van der Waals surface area contributed by atoms with Crippen LogP contribution in [0.3, 0.4) is 0 Å². The van der Waals surface area contributed by atoms with Crippen molar-refractivity contribution in [3.8, 4) is 0 Å². The summed E-state index contributed by atoms with van der Waals surface area (Å²) in [6, 6.07) is -1.95. The van der Waals surface area contributed by atoms with E-state index in [1.807, 2.05) is 0 Å². The zero-order chi connectivity index (χ0) is 25.2. The Hall–Kier alpha value is -2.43. The molecule has 33 heavy (non-hydrogen) atoms. The molecule has 11 heteroatoms. The van der Waals surface area contributed by atoms with Gasteiger partial charge in [0.05, 0.1) is 10.9 Å². The zero-order valence-electron chi connectivity index (χ0n) is 20.2. The molecule has 0 radical (unpaired) electrons. The number of aliphatic carboxylic acids is 1. The van der Waals surface area contributed by atoms with Gasteiger partial charge in [0.1, 0.15) is 17.7 Å². The fraction of sp³-hybridized carbons (Fsp3) is 0.773. The normalized spacial score (nSPS) is 18.0. The minimum absolute atomic E-state index is 0.207. The third-order valence-corrected chi connectivity index (χ3v) is 5.24. The molecule has 0 saturated carbocycles. The molecule has 0 aromatic heterocycles. The summed E-state index contributed by atoms with van der Waals surface area (Å²) >= 11 is 4.97. The Bertz CT molecular complexity index is 724. The monoisotopic (exact) mass is 486 g/mol. The van der Waals surface area contributed by atoms with Crippen molar-refractivity contribution in [3.05, 3.63) is 0 Å². The van der Waals surface area contributed by atoms with E-state index in [1.165, 1.54) is 11.8 Å². The highest BCUT2D eigenvalue weighted by atomic mass is 32.1. The topological polar surface area (TPSA) is 137 Å². The number of hydrogen-bond acceptors (Lipinski definition) is 6. The van der Waals surface area contributed by atoms with E-state index in [0.717, 1.165) is 6.42 Å². The van der Waals surface area contributed by atoms with Crippen LogP contribution in [0.25, 0.3) is 0 Å². The van der Waals surface area contributed by atoms with Crippen LogP contribution >= 0.6 is 12.2 Å². The van der Waals surface area contributed by atoms with E-state index in [1.54, 1.807) is 27.7 Å². The zero-order valence-corrected chi connectivity index (χ0v) is 21.0. The number of nitrogens with one attached hydrogen (secondary N) is 3. The first-order chi connectivity index (χ1) is 15.3. The standard InChI is InChI=1S/C22H38N4O6S/c1-14(20(29)30)24-19(28)17(10-6-7-11-23-15(2)33)25-18(27)16-9-8-12-26(13-16)21(31)32-22(3,4)5/h14,16-17H,6-13H2,1-5H3,(H,23,33)(H,24,28)(H,25,27)(H,29,30)/t14-,16+,17-/m0/s1. The number of nitrogens with zero attached hydrogens (tertiary/aromatic N) is 1. The molecule has 0 aliphatic carbocycles. The molecule has 0 spiro atoms. The molecule has 0 aromatic rings. The number of carboxylic acids is 1. The second-order valence-electron chi connectivity index (χ2n) is 9.37. The lowest BCUT2D eigenvalue weighted by molar-refractivity contribution is -0.141. The largest absolute Gasteiger partial charge is 0.480 e. The average Bonchev–Trinajstić information content (AvgIpc) is 2.70. The minimum atomic E-state index is -1.16. The summed E-state index contributed by atoms with van der Waals surface area (Å²) in [6.45, 7) is 9.85. The molecule has 3 amide bonds. The fourth-order valence-electron chi connectivity index (χ4n) is 3.36.